The minimum Gasteiger partial charge on any atom is -0.372 e. The third-order valence-electron chi connectivity index (χ3n) is 6.75. The topological polar surface area (TPSA) is 64.9 Å². The first-order valence-corrected chi connectivity index (χ1v) is 11.3. The summed E-state index contributed by atoms with van der Waals surface area (Å²) in [7, 11) is 2.13. The minimum absolute atomic E-state index is 0.106. The average molecular weight is 442 g/mol. The maximum absolute atomic E-state index is 13.2. The summed E-state index contributed by atoms with van der Waals surface area (Å²) in [5.74, 6) is -0.181. The van der Waals surface area contributed by atoms with Crippen molar-refractivity contribution >= 4 is 17.8 Å². The van der Waals surface area contributed by atoms with Gasteiger partial charge >= 0.3 is 0 Å². The summed E-state index contributed by atoms with van der Waals surface area (Å²) in [5.41, 5.74) is 5.18. The van der Waals surface area contributed by atoms with E-state index in [1.54, 1.807) is 54.7 Å². The third-order valence-corrected chi connectivity index (χ3v) is 6.75. The van der Waals surface area contributed by atoms with E-state index in [0.717, 1.165) is 12.0 Å². The molecule has 1 unspecified atom stereocenters. The van der Waals surface area contributed by atoms with Gasteiger partial charge in [-0.1, -0.05) is 73.7 Å². The van der Waals surface area contributed by atoms with Gasteiger partial charge in [0.1, 0.15) is 0 Å². The number of hydrazone groups is 1. The summed E-state index contributed by atoms with van der Waals surface area (Å²) < 4.78 is 0. The van der Waals surface area contributed by atoms with Crippen molar-refractivity contribution in [3.05, 3.63) is 101 Å². The average Bonchev–Trinajstić information content (AvgIpc) is 2.83. The number of fused-ring (bicyclic) bond motifs is 1. The van der Waals surface area contributed by atoms with Crippen LogP contribution in [0, 0.1) is 0 Å². The molecule has 1 heterocycles. The van der Waals surface area contributed by atoms with E-state index >= 15 is 0 Å². The van der Waals surface area contributed by atoms with Gasteiger partial charge < -0.3 is 10.0 Å². The molecule has 170 valence electrons. The van der Waals surface area contributed by atoms with Gasteiger partial charge in [-0.25, -0.2) is 5.43 Å². The van der Waals surface area contributed by atoms with E-state index in [1.165, 1.54) is 11.3 Å². The Bertz CT molecular complexity index is 1120. The second-order valence-electron chi connectivity index (χ2n) is 9.44. The summed E-state index contributed by atoms with van der Waals surface area (Å²) >= 11 is 0. The molecule has 1 aliphatic heterocycles. The van der Waals surface area contributed by atoms with Gasteiger partial charge in [-0.05, 0) is 60.6 Å². The lowest BCUT2D eigenvalue weighted by molar-refractivity contribution is -0.136. The number of amides is 1. The van der Waals surface area contributed by atoms with Gasteiger partial charge in [0.15, 0.2) is 5.60 Å². The second kappa shape index (κ2) is 8.83. The lowest BCUT2D eigenvalue weighted by atomic mass is 9.80. The Kier molecular flexibility index (Phi) is 6.09. The van der Waals surface area contributed by atoms with Gasteiger partial charge in [0.05, 0.1) is 6.21 Å². The van der Waals surface area contributed by atoms with Crippen molar-refractivity contribution in [3.63, 3.8) is 0 Å². The standard InChI is InChI=1S/C28H31N3O2/c1-20-18-27(2,3)31(4)25-16-15-21(17-24(20)25)19-29-30-26(32)28(33,22-11-7-5-8-12-22)23-13-9-6-10-14-23/h5-17,19-20,33H,18H2,1-4H3,(H,30,32)/b29-19-. The smallest absolute Gasteiger partial charge is 0.281 e. The molecule has 0 saturated heterocycles. The molecule has 0 fully saturated rings. The molecule has 1 atom stereocenters. The first kappa shape index (κ1) is 22.7. The van der Waals surface area contributed by atoms with Crippen molar-refractivity contribution in [2.24, 2.45) is 5.10 Å². The van der Waals surface area contributed by atoms with E-state index in [9.17, 15) is 9.90 Å². The van der Waals surface area contributed by atoms with Crippen molar-refractivity contribution in [1.29, 1.82) is 0 Å². The molecule has 0 aromatic heterocycles. The highest BCUT2D eigenvalue weighted by Gasteiger charge is 2.40. The predicted molar refractivity (Wildman–Crippen MR) is 134 cm³/mol. The number of hydrogen-bond donors (Lipinski definition) is 2. The summed E-state index contributed by atoms with van der Waals surface area (Å²) in [5, 5.41) is 15.7. The zero-order chi connectivity index (χ0) is 23.6. The summed E-state index contributed by atoms with van der Waals surface area (Å²) in [6.07, 6.45) is 2.69. The number of nitrogens with one attached hydrogen (secondary N) is 1. The van der Waals surface area contributed by atoms with Gasteiger partial charge in [0.2, 0.25) is 0 Å². The fourth-order valence-electron chi connectivity index (χ4n) is 4.71. The van der Waals surface area contributed by atoms with Crippen molar-refractivity contribution in [2.75, 3.05) is 11.9 Å². The quantitative estimate of drug-likeness (QED) is 0.442. The largest absolute Gasteiger partial charge is 0.372 e. The van der Waals surface area contributed by atoms with Crippen molar-refractivity contribution in [3.8, 4) is 0 Å². The normalized spacial score (nSPS) is 17.6. The molecule has 2 N–H and O–H groups in total. The van der Waals surface area contributed by atoms with E-state index in [0.29, 0.717) is 17.0 Å². The molecule has 0 radical (unpaired) electrons. The van der Waals surface area contributed by atoms with Gasteiger partial charge in [-0.3, -0.25) is 4.79 Å². The van der Waals surface area contributed by atoms with Gasteiger partial charge in [-0.15, -0.1) is 0 Å². The summed E-state index contributed by atoms with van der Waals surface area (Å²) in [6.45, 7) is 6.77. The monoisotopic (exact) mass is 441 g/mol. The van der Waals surface area contributed by atoms with Crippen LogP contribution in [0.1, 0.15) is 55.4 Å². The molecule has 1 aliphatic rings. The van der Waals surface area contributed by atoms with Gasteiger partial charge in [-0.2, -0.15) is 5.10 Å². The van der Waals surface area contributed by atoms with Crippen LogP contribution in [0.15, 0.2) is 84.0 Å². The maximum atomic E-state index is 13.2. The minimum atomic E-state index is -1.85. The molecule has 0 spiro atoms. The first-order valence-electron chi connectivity index (χ1n) is 11.3. The Morgan fingerprint density at radius 3 is 2.21 bits per heavy atom. The van der Waals surface area contributed by atoms with E-state index in [2.05, 4.69) is 55.4 Å². The molecule has 3 aromatic carbocycles. The molecule has 0 aliphatic carbocycles. The zero-order valence-electron chi connectivity index (χ0n) is 19.6. The van der Waals surface area contributed by atoms with Crippen LogP contribution >= 0.6 is 0 Å². The lowest BCUT2D eigenvalue weighted by Gasteiger charge is -2.45. The van der Waals surface area contributed by atoms with Crippen molar-refractivity contribution in [1.82, 2.24) is 5.43 Å². The molecule has 0 saturated carbocycles. The number of carbonyl (C=O) groups excluding carboxylic acids is 1. The van der Waals surface area contributed by atoms with Crippen LogP contribution in [0.25, 0.3) is 0 Å². The summed E-state index contributed by atoms with van der Waals surface area (Å²) in [4.78, 5) is 15.5. The lowest BCUT2D eigenvalue weighted by Crippen LogP contribution is -2.45. The van der Waals surface area contributed by atoms with Crippen LogP contribution in [-0.2, 0) is 10.4 Å². The highest BCUT2D eigenvalue weighted by atomic mass is 16.3. The molecule has 33 heavy (non-hydrogen) atoms. The molecular weight excluding hydrogens is 410 g/mol. The number of aliphatic hydroxyl groups is 1. The number of benzene rings is 3. The second-order valence-corrected chi connectivity index (χ2v) is 9.44. The Morgan fingerprint density at radius 1 is 1.06 bits per heavy atom. The fraction of sp³-hybridized carbons (Fsp3) is 0.286. The summed E-state index contributed by atoms with van der Waals surface area (Å²) in [6, 6.07) is 24.1. The Morgan fingerprint density at radius 2 is 1.64 bits per heavy atom. The SMILES string of the molecule is CC1CC(C)(C)N(C)c2ccc(/C=N\NC(=O)C(O)(c3ccccc3)c3ccccc3)cc21. The fourth-order valence-corrected chi connectivity index (χ4v) is 4.71. The van der Waals surface area contributed by atoms with Crippen LogP contribution in [0.3, 0.4) is 0 Å². The number of hydrogen-bond acceptors (Lipinski definition) is 4. The maximum Gasteiger partial charge on any atom is 0.281 e. The molecule has 5 nitrogen and oxygen atoms in total. The van der Waals surface area contributed by atoms with Crippen LogP contribution in [0.2, 0.25) is 0 Å². The number of anilines is 1. The van der Waals surface area contributed by atoms with Crippen LogP contribution in [0.5, 0.6) is 0 Å². The highest BCUT2D eigenvalue weighted by Crippen LogP contribution is 2.42. The third kappa shape index (κ3) is 4.29. The van der Waals surface area contributed by atoms with E-state index in [1.807, 2.05) is 18.2 Å². The number of carbonyl (C=O) groups is 1. The highest BCUT2D eigenvalue weighted by molar-refractivity contribution is 5.91. The number of rotatable bonds is 5. The van der Waals surface area contributed by atoms with Crippen LogP contribution < -0.4 is 10.3 Å². The molecule has 3 aromatic rings. The van der Waals surface area contributed by atoms with Crippen molar-refractivity contribution in [2.45, 2.75) is 44.2 Å². The molecule has 4 rings (SSSR count). The molecular formula is C28H31N3O2. The van der Waals surface area contributed by atoms with Gasteiger partial charge in [0, 0.05) is 18.3 Å². The van der Waals surface area contributed by atoms with Crippen LogP contribution in [-0.4, -0.2) is 29.8 Å². The Balaban J connectivity index is 1.58. The van der Waals surface area contributed by atoms with E-state index < -0.39 is 11.5 Å². The Labute approximate surface area is 195 Å². The molecule has 0 bridgehead atoms. The molecule has 5 heteroatoms. The zero-order valence-corrected chi connectivity index (χ0v) is 19.6. The predicted octanol–water partition coefficient (Wildman–Crippen LogP) is 4.79. The van der Waals surface area contributed by atoms with E-state index in [4.69, 9.17) is 0 Å². The van der Waals surface area contributed by atoms with Gasteiger partial charge in [0.25, 0.3) is 5.91 Å². The van der Waals surface area contributed by atoms with Crippen molar-refractivity contribution < 1.29 is 9.90 Å². The molecule has 1 amide bonds. The number of nitrogens with zero attached hydrogens (tertiary/aromatic N) is 2. The first-order chi connectivity index (χ1) is 15.7. The van der Waals surface area contributed by atoms with E-state index in [-0.39, 0.29) is 5.54 Å². The van der Waals surface area contributed by atoms with Crippen LogP contribution in [0.4, 0.5) is 5.69 Å². The Hall–Kier alpha value is -3.44.